The van der Waals surface area contributed by atoms with Gasteiger partial charge >= 0.3 is 6.03 Å². The van der Waals surface area contributed by atoms with E-state index >= 15 is 0 Å². The number of halogens is 3. The summed E-state index contributed by atoms with van der Waals surface area (Å²) in [6.07, 6.45) is 0. The summed E-state index contributed by atoms with van der Waals surface area (Å²) in [6.45, 7) is 0.535. The Labute approximate surface area is 147 Å². The highest BCUT2D eigenvalue weighted by molar-refractivity contribution is 7.99. The molecule has 1 saturated heterocycles. The maximum atomic E-state index is 14.0. The quantitative estimate of drug-likeness (QED) is 0.765. The molecule has 1 aliphatic heterocycles. The third-order valence-corrected chi connectivity index (χ3v) is 5.58. The lowest BCUT2D eigenvalue weighted by molar-refractivity contribution is 0.213. The zero-order chi connectivity index (χ0) is 16.4. The highest BCUT2D eigenvalue weighted by atomic mass is 35.5. The first kappa shape index (κ1) is 16.4. The lowest BCUT2D eigenvalue weighted by Gasteiger charge is -2.25. The fourth-order valence-electron chi connectivity index (χ4n) is 2.40. The summed E-state index contributed by atoms with van der Waals surface area (Å²) in [5, 5.41) is 3.05. The van der Waals surface area contributed by atoms with Gasteiger partial charge in [-0.05, 0) is 18.2 Å². The molecule has 0 saturated carbocycles. The van der Waals surface area contributed by atoms with Gasteiger partial charge < -0.3 is 10.2 Å². The van der Waals surface area contributed by atoms with Crippen LogP contribution >= 0.6 is 35.0 Å². The summed E-state index contributed by atoms with van der Waals surface area (Å²) >= 11 is 13.6. The third-order valence-electron chi connectivity index (χ3n) is 3.52. The molecule has 1 atom stereocenters. The Bertz CT molecular complexity index is 744. The Morgan fingerprint density at radius 2 is 2.00 bits per heavy atom. The Kier molecular flexibility index (Phi) is 4.99. The molecule has 2 amide bonds. The SMILES string of the molecule is O=C(Nc1cccc(Cl)c1Cl)N1CCSC1c1ccccc1F. The minimum Gasteiger partial charge on any atom is -0.307 e. The number of carbonyl (C=O) groups is 1. The number of hydrogen-bond donors (Lipinski definition) is 1. The largest absolute Gasteiger partial charge is 0.323 e. The highest BCUT2D eigenvalue weighted by Gasteiger charge is 2.32. The van der Waals surface area contributed by atoms with Gasteiger partial charge in [0, 0.05) is 17.9 Å². The van der Waals surface area contributed by atoms with Gasteiger partial charge in [0.1, 0.15) is 11.2 Å². The Balaban J connectivity index is 1.81. The maximum Gasteiger partial charge on any atom is 0.323 e. The van der Waals surface area contributed by atoms with Gasteiger partial charge in [-0.3, -0.25) is 0 Å². The van der Waals surface area contributed by atoms with E-state index in [1.54, 1.807) is 41.3 Å². The summed E-state index contributed by atoms with van der Waals surface area (Å²) in [6, 6.07) is 11.2. The average molecular weight is 371 g/mol. The summed E-state index contributed by atoms with van der Waals surface area (Å²) in [5.74, 6) is 0.431. The number of rotatable bonds is 2. The van der Waals surface area contributed by atoms with E-state index < -0.39 is 0 Å². The van der Waals surface area contributed by atoms with E-state index in [9.17, 15) is 9.18 Å². The normalized spacial score (nSPS) is 17.3. The molecule has 3 rings (SSSR count). The van der Waals surface area contributed by atoms with Crippen LogP contribution in [0, 0.1) is 5.82 Å². The number of hydrogen-bond acceptors (Lipinski definition) is 2. The topological polar surface area (TPSA) is 32.3 Å². The van der Waals surface area contributed by atoms with Gasteiger partial charge in [0.25, 0.3) is 0 Å². The molecule has 1 N–H and O–H groups in total. The van der Waals surface area contributed by atoms with E-state index in [-0.39, 0.29) is 22.2 Å². The number of benzene rings is 2. The van der Waals surface area contributed by atoms with Gasteiger partial charge in [-0.1, -0.05) is 47.5 Å². The lowest BCUT2D eigenvalue weighted by Crippen LogP contribution is -2.34. The maximum absolute atomic E-state index is 14.0. The van der Waals surface area contributed by atoms with Crippen molar-refractivity contribution in [2.75, 3.05) is 17.6 Å². The molecule has 2 aromatic carbocycles. The Morgan fingerprint density at radius 3 is 2.78 bits per heavy atom. The van der Waals surface area contributed by atoms with Gasteiger partial charge in [0.05, 0.1) is 15.7 Å². The summed E-state index contributed by atoms with van der Waals surface area (Å²) in [5.41, 5.74) is 0.940. The van der Waals surface area contributed by atoms with Crippen LogP contribution in [0.2, 0.25) is 10.0 Å². The van der Waals surface area contributed by atoms with Crippen LogP contribution in [0.5, 0.6) is 0 Å². The van der Waals surface area contributed by atoms with E-state index in [2.05, 4.69) is 5.32 Å². The van der Waals surface area contributed by atoms with Gasteiger partial charge in [-0.25, -0.2) is 9.18 Å². The number of nitrogens with one attached hydrogen (secondary N) is 1. The van der Waals surface area contributed by atoms with Crippen molar-refractivity contribution in [1.82, 2.24) is 4.90 Å². The first-order chi connectivity index (χ1) is 11.1. The van der Waals surface area contributed by atoms with Crippen LogP contribution in [0.25, 0.3) is 0 Å². The molecule has 1 heterocycles. The Hall–Kier alpha value is -1.43. The van der Waals surface area contributed by atoms with E-state index in [0.717, 1.165) is 5.75 Å². The van der Waals surface area contributed by atoms with Crippen molar-refractivity contribution in [3.8, 4) is 0 Å². The molecule has 1 fully saturated rings. The highest BCUT2D eigenvalue weighted by Crippen LogP contribution is 2.39. The molecule has 7 heteroatoms. The predicted molar refractivity (Wildman–Crippen MR) is 93.8 cm³/mol. The van der Waals surface area contributed by atoms with Crippen LogP contribution in [-0.2, 0) is 0 Å². The van der Waals surface area contributed by atoms with Crippen molar-refractivity contribution >= 4 is 46.7 Å². The smallest absolute Gasteiger partial charge is 0.307 e. The fourth-order valence-corrected chi connectivity index (χ4v) is 4.02. The molecular formula is C16H13Cl2FN2OS. The number of carbonyl (C=O) groups excluding carboxylic acids is 1. The van der Waals surface area contributed by atoms with Crippen molar-refractivity contribution < 1.29 is 9.18 Å². The van der Waals surface area contributed by atoms with E-state index in [1.165, 1.54) is 17.8 Å². The van der Waals surface area contributed by atoms with Crippen molar-refractivity contribution in [3.63, 3.8) is 0 Å². The molecule has 1 unspecified atom stereocenters. The molecule has 0 bridgehead atoms. The van der Waals surface area contributed by atoms with Crippen molar-refractivity contribution in [2.24, 2.45) is 0 Å². The second-order valence-corrected chi connectivity index (χ2v) is 6.94. The van der Waals surface area contributed by atoms with Crippen molar-refractivity contribution in [1.29, 1.82) is 0 Å². The van der Waals surface area contributed by atoms with Gasteiger partial charge in [-0.2, -0.15) is 0 Å². The summed E-state index contributed by atoms with van der Waals surface area (Å²) in [4.78, 5) is 14.1. The average Bonchev–Trinajstić information content (AvgIpc) is 3.02. The molecule has 3 nitrogen and oxygen atoms in total. The predicted octanol–water partition coefficient (Wildman–Crippen LogP) is 5.41. The minimum absolute atomic E-state index is 0.289. The van der Waals surface area contributed by atoms with Crippen molar-refractivity contribution in [2.45, 2.75) is 5.37 Å². The van der Waals surface area contributed by atoms with Gasteiger partial charge in [-0.15, -0.1) is 11.8 Å². The first-order valence-corrected chi connectivity index (χ1v) is 8.76. The molecule has 1 aliphatic rings. The van der Waals surface area contributed by atoms with Crippen molar-refractivity contribution in [3.05, 3.63) is 63.9 Å². The molecule has 2 aromatic rings. The van der Waals surface area contributed by atoms with Crippen LogP contribution in [0.15, 0.2) is 42.5 Å². The van der Waals surface area contributed by atoms with Crippen LogP contribution in [0.3, 0.4) is 0 Å². The molecule has 0 radical (unpaired) electrons. The standard InChI is InChI=1S/C16H13Cl2FN2OS/c17-11-5-3-7-13(14(11)18)20-16(22)21-8-9-23-15(21)10-4-1-2-6-12(10)19/h1-7,15H,8-9H2,(H,20,22). The molecular weight excluding hydrogens is 358 g/mol. The number of nitrogens with zero attached hydrogens (tertiary/aromatic N) is 1. The van der Waals surface area contributed by atoms with Crippen LogP contribution in [-0.4, -0.2) is 23.2 Å². The second kappa shape index (κ2) is 6.99. The number of amides is 2. The molecule has 23 heavy (non-hydrogen) atoms. The van der Waals surface area contributed by atoms with Gasteiger partial charge in [0.2, 0.25) is 0 Å². The molecule has 120 valence electrons. The number of anilines is 1. The molecule has 0 aromatic heterocycles. The zero-order valence-electron chi connectivity index (χ0n) is 11.9. The van der Waals surface area contributed by atoms with Crippen LogP contribution in [0.4, 0.5) is 14.9 Å². The van der Waals surface area contributed by atoms with E-state index in [0.29, 0.717) is 22.8 Å². The monoisotopic (exact) mass is 370 g/mol. The van der Waals surface area contributed by atoms with E-state index in [1.807, 2.05) is 0 Å². The molecule has 0 aliphatic carbocycles. The first-order valence-electron chi connectivity index (χ1n) is 6.95. The molecule has 0 spiro atoms. The number of thioether (sulfide) groups is 1. The van der Waals surface area contributed by atoms with Crippen LogP contribution < -0.4 is 5.32 Å². The zero-order valence-corrected chi connectivity index (χ0v) is 14.3. The fraction of sp³-hybridized carbons (Fsp3) is 0.188. The third kappa shape index (κ3) is 3.42. The van der Waals surface area contributed by atoms with Gasteiger partial charge in [0.15, 0.2) is 0 Å². The Morgan fingerprint density at radius 1 is 1.22 bits per heavy atom. The summed E-state index contributed by atoms with van der Waals surface area (Å²) in [7, 11) is 0. The summed E-state index contributed by atoms with van der Waals surface area (Å²) < 4.78 is 14.0. The van der Waals surface area contributed by atoms with E-state index in [4.69, 9.17) is 23.2 Å². The minimum atomic E-state index is -0.353. The second-order valence-electron chi connectivity index (χ2n) is 4.97. The van der Waals surface area contributed by atoms with Crippen LogP contribution in [0.1, 0.15) is 10.9 Å². The number of urea groups is 1. The lowest BCUT2D eigenvalue weighted by atomic mass is 10.2.